The van der Waals surface area contributed by atoms with E-state index in [0.717, 1.165) is 12.8 Å². The summed E-state index contributed by atoms with van der Waals surface area (Å²) >= 11 is 0. The molecule has 0 aromatic carbocycles. The van der Waals surface area contributed by atoms with Gasteiger partial charge in [-0.1, -0.05) is 0 Å². The van der Waals surface area contributed by atoms with Gasteiger partial charge in [-0.05, 0) is 19.9 Å². The monoisotopic (exact) mass is 200 g/mol. The number of amides is 1. The zero-order valence-corrected chi connectivity index (χ0v) is 8.56. The van der Waals surface area contributed by atoms with Crippen LogP contribution < -0.4 is 0 Å². The van der Waals surface area contributed by atoms with Crippen LogP contribution in [-0.4, -0.2) is 60.0 Å². The molecule has 0 bridgehead atoms. The standard InChI is InChI=1S/C9H16N2O3/c1-10(6-9(13)14)5-8(12)11(2)7-3-4-7/h7H,3-6H2,1-2H3,(H,13,14). The Balaban J connectivity index is 2.27. The summed E-state index contributed by atoms with van der Waals surface area (Å²) < 4.78 is 0. The van der Waals surface area contributed by atoms with E-state index >= 15 is 0 Å². The quantitative estimate of drug-likeness (QED) is 0.657. The fraction of sp³-hybridized carbons (Fsp3) is 0.778. The maximum atomic E-state index is 11.5. The third-order valence-electron chi connectivity index (χ3n) is 2.30. The minimum atomic E-state index is -0.908. The van der Waals surface area contributed by atoms with E-state index in [-0.39, 0.29) is 19.0 Å². The van der Waals surface area contributed by atoms with E-state index < -0.39 is 5.97 Å². The molecule has 14 heavy (non-hydrogen) atoms. The van der Waals surface area contributed by atoms with Gasteiger partial charge in [0.1, 0.15) is 0 Å². The van der Waals surface area contributed by atoms with E-state index in [9.17, 15) is 9.59 Å². The summed E-state index contributed by atoms with van der Waals surface area (Å²) in [6.45, 7) is 0.0869. The van der Waals surface area contributed by atoms with Crippen molar-refractivity contribution in [1.82, 2.24) is 9.80 Å². The third kappa shape index (κ3) is 3.33. The Bertz CT molecular complexity index is 238. The first-order chi connectivity index (χ1) is 6.50. The number of carbonyl (C=O) groups excluding carboxylic acids is 1. The van der Waals surface area contributed by atoms with Crippen molar-refractivity contribution in [2.45, 2.75) is 18.9 Å². The van der Waals surface area contributed by atoms with Gasteiger partial charge in [0, 0.05) is 13.1 Å². The van der Waals surface area contributed by atoms with Gasteiger partial charge in [0.15, 0.2) is 0 Å². The van der Waals surface area contributed by atoms with Crippen LogP contribution in [0.15, 0.2) is 0 Å². The molecular weight excluding hydrogens is 184 g/mol. The molecule has 1 aliphatic rings. The van der Waals surface area contributed by atoms with Gasteiger partial charge in [-0.3, -0.25) is 14.5 Å². The third-order valence-corrected chi connectivity index (χ3v) is 2.30. The van der Waals surface area contributed by atoms with Crippen LogP contribution in [0, 0.1) is 0 Å². The van der Waals surface area contributed by atoms with Crippen LogP contribution >= 0.6 is 0 Å². The highest BCUT2D eigenvalue weighted by Gasteiger charge is 2.29. The molecule has 1 saturated carbocycles. The van der Waals surface area contributed by atoms with Crippen molar-refractivity contribution < 1.29 is 14.7 Å². The van der Waals surface area contributed by atoms with E-state index in [1.54, 1.807) is 19.0 Å². The Morgan fingerprint density at radius 2 is 1.86 bits per heavy atom. The molecule has 0 aliphatic heterocycles. The van der Waals surface area contributed by atoms with E-state index in [1.165, 1.54) is 4.90 Å². The number of aliphatic carboxylic acids is 1. The van der Waals surface area contributed by atoms with E-state index in [0.29, 0.717) is 6.04 Å². The number of carbonyl (C=O) groups is 2. The molecule has 0 radical (unpaired) electrons. The van der Waals surface area contributed by atoms with Crippen molar-refractivity contribution in [2.75, 3.05) is 27.2 Å². The molecule has 0 heterocycles. The van der Waals surface area contributed by atoms with Crippen molar-refractivity contribution in [3.63, 3.8) is 0 Å². The number of hydrogen-bond donors (Lipinski definition) is 1. The Labute approximate surface area is 83.3 Å². The minimum absolute atomic E-state index is 0.00347. The van der Waals surface area contributed by atoms with Crippen molar-refractivity contribution in [2.24, 2.45) is 0 Å². The Morgan fingerprint density at radius 3 is 2.29 bits per heavy atom. The topological polar surface area (TPSA) is 60.9 Å². The molecular formula is C9H16N2O3. The highest BCUT2D eigenvalue weighted by Crippen LogP contribution is 2.25. The van der Waals surface area contributed by atoms with E-state index in [4.69, 9.17) is 5.11 Å². The SMILES string of the molecule is CN(CC(=O)O)CC(=O)N(C)C1CC1. The molecule has 0 aromatic heterocycles. The van der Waals surface area contributed by atoms with Gasteiger partial charge in [0.25, 0.3) is 0 Å². The molecule has 0 atom stereocenters. The van der Waals surface area contributed by atoms with Gasteiger partial charge in [-0.15, -0.1) is 0 Å². The summed E-state index contributed by atoms with van der Waals surface area (Å²) in [7, 11) is 3.40. The number of nitrogens with zero attached hydrogens (tertiary/aromatic N) is 2. The number of rotatable bonds is 5. The van der Waals surface area contributed by atoms with Crippen LogP contribution in [-0.2, 0) is 9.59 Å². The molecule has 1 amide bonds. The lowest BCUT2D eigenvalue weighted by atomic mass is 10.4. The summed E-state index contributed by atoms with van der Waals surface area (Å²) in [5, 5.41) is 8.49. The molecule has 1 N–H and O–H groups in total. The molecule has 5 nitrogen and oxygen atoms in total. The lowest BCUT2D eigenvalue weighted by Gasteiger charge is -2.20. The zero-order valence-electron chi connectivity index (χ0n) is 8.56. The predicted molar refractivity (Wildman–Crippen MR) is 50.9 cm³/mol. The van der Waals surface area contributed by atoms with Crippen LogP contribution in [0.25, 0.3) is 0 Å². The van der Waals surface area contributed by atoms with Crippen LogP contribution in [0.3, 0.4) is 0 Å². The zero-order chi connectivity index (χ0) is 10.7. The van der Waals surface area contributed by atoms with Gasteiger partial charge in [-0.25, -0.2) is 0 Å². The summed E-state index contributed by atoms with van der Waals surface area (Å²) in [6, 6.07) is 0.390. The molecule has 5 heteroatoms. The maximum absolute atomic E-state index is 11.5. The lowest BCUT2D eigenvalue weighted by molar-refractivity contribution is -0.139. The van der Waals surface area contributed by atoms with Crippen LogP contribution in [0.4, 0.5) is 0 Å². The highest BCUT2D eigenvalue weighted by molar-refractivity contribution is 5.79. The van der Waals surface area contributed by atoms with Crippen molar-refractivity contribution in [3.05, 3.63) is 0 Å². The summed E-state index contributed by atoms with van der Waals surface area (Å²) in [5.74, 6) is -0.911. The largest absolute Gasteiger partial charge is 0.480 e. The van der Waals surface area contributed by atoms with Crippen molar-refractivity contribution in [3.8, 4) is 0 Å². The smallest absolute Gasteiger partial charge is 0.317 e. The first kappa shape index (κ1) is 11.0. The van der Waals surface area contributed by atoms with Gasteiger partial charge in [0.05, 0.1) is 13.1 Å². The summed E-state index contributed by atoms with van der Waals surface area (Å²) in [5.41, 5.74) is 0. The van der Waals surface area contributed by atoms with Gasteiger partial charge >= 0.3 is 5.97 Å². The minimum Gasteiger partial charge on any atom is -0.480 e. The van der Waals surface area contributed by atoms with Gasteiger partial charge < -0.3 is 10.0 Å². The highest BCUT2D eigenvalue weighted by atomic mass is 16.4. The molecule has 1 rings (SSSR count). The fourth-order valence-electron chi connectivity index (χ4n) is 1.29. The molecule has 0 aromatic rings. The van der Waals surface area contributed by atoms with E-state index in [1.807, 2.05) is 0 Å². The second kappa shape index (κ2) is 4.41. The second-order valence-electron chi connectivity index (χ2n) is 3.80. The predicted octanol–water partition coefficient (Wildman–Crippen LogP) is -0.376. The number of carboxylic acids is 1. The fourth-order valence-corrected chi connectivity index (χ4v) is 1.29. The van der Waals surface area contributed by atoms with Crippen LogP contribution in [0.5, 0.6) is 0 Å². The molecule has 80 valence electrons. The van der Waals surface area contributed by atoms with Crippen molar-refractivity contribution in [1.29, 1.82) is 0 Å². The average molecular weight is 200 g/mol. The van der Waals surface area contributed by atoms with E-state index in [2.05, 4.69) is 0 Å². The number of carboxylic acid groups (broad SMARTS) is 1. The summed E-state index contributed by atoms with van der Waals surface area (Å²) in [4.78, 5) is 25.1. The molecule has 0 saturated heterocycles. The molecule has 0 unspecified atom stereocenters. The van der Waals surface area contributed by atoms with Gasteiger partial charge in [-0.2, -0.15) is 0 Å². The van der Waals surface area contributed by atoms with Crippen molar-refractivity contribution >= 4 is 11.9 Å². The molecule has 1 fully saturated rings. The van der Waals surface area contributed by atoms with Gasteiger partial charge in [0.2, 0.25) is 5.91 Å². The lowest BCUT2D eigenvalue weighted by Crippen LogP contribution is -2.39. The Morgan fingerprint density at radius 1 is 1.29 bits per heavy atom. The molecule has 1 aliphatic carbocycles. The normalized spacial score (nSPS) is 15.6. The number of likely N-dealkylation sites (N-methyl/N-ethyl adjacent to an activating group) is 2. The first-order valence-corrected chi connectivity index (χ1v) is 4.66. The summed E-state index contributed by atoms with van der Waals surface area (Å²) in [6.07, 6.45) is 2.15. The maximum Gasteiger partial charge on any atom is 0.317 e. The first-order valence-electron chi connectivity index (χ1n) is 4.66. The Kier molecular flexibility index (Phi) is 3.46. The number of hydrogen-bond acceptors (Lipinski definition) is 3. The molecule has 0 spiro atoms. The van der Waals surface area contributed by atoms with Crippen LogP contribution in [0.1, 0.15) is 12.8 Å². The Hall–Kier alpha value is -1.10. The van der Waals surface area contributed by atoms with Crippen LogP contribution in [0.2, 0.25) is 0 Å². The average Bonchev–Trinajstić information content (AvgIpc) is 2.83. The second-order valence-corrected chi connectivity index (χ2v) is 3.80.